The zero-order chi connectivity index (χ0) is 7.11. The lowest BCUT2D eigenvalue weighted by atomic mass is 10.3. The highest BCUT2D eigenvalue weighted by Gasteiger charge is 1.89. The van der Waals surface area contributed by atoms with E-state index in [2.05, 4.69) is 6.92 Å². The average Bonchev–Trinajstić information content (AvgIpc) is 1.80. The molecule has 0 radical (unpaired) electrons. The van der Waals surface area contributed by atoms with Gasteiger partial charge in [-0.3, -0.25) is 4.79 Å². The molecule has 0 aromatic heterocycles. The Bertz CT molecular complexity index is 79.0. The molecule has 0 aromatic rings. The van der Waals surface area contributed by atoms with Crippen LogP contribution in [-0.4, -0.2) is 12.6 Å². The maximum Gasteiger partial charge on any atom is 0.302 e. The molecule has 0 saturated heterocycles. The number of rotatable bonds is 4. The minimum absolute atomic E-state index is 0.175. The molecule has 0 saturated carbocycles. The van der Waals surface area contributed by atoms with Crippen LogP contribution in [0.1, 0.15) is 33.1 Å². The van der Waals surface area contributed by atoms with Gasteiger partial charge in [0, 0.05) is 6.92 Å². The number of esters is 1. The van der Waals surface area contributed by atoms with Crippen LogP contribution in [0.5, 0.6) is 0 Å². The Balaban J connectivity index is 2.83. The number of hydrogen-bond acceptors (Lipinski definition) is 2. The van der Waals surface area contributed by atoms with Gasteiger partial charge in [0.1, 0.15) is 0 Å². The van der Waals surface area contributed by atoms with Crippen LogP contribution in [0.25, 0.3) is 0 Å². The third-order valence-electron chi connectivity index (χ3n) is 1.05. The third kappa shape index (κ3) is 7.47. The smallest absolute Gasteiger partial charge is 0.302 e. The predicted octanol–water partition coefficient (Wildman–Crippen LogP) is 1.74. The molecule has 0 unspecified atom stereocenters. The Labute approximate surface area is 56.2 Å². The van der Waals surface area contributed by atoms with Crippen LogP contribution in [0.2, 0.25) is 0 Å². The van der Waals surface area contributed by atoms with E-state index in [1.807, 2.05) is 0 Å². The summed E-state index contributed by atoms with van der Waals surface area (Å²) < 4.78 is 4.70. The molecule has 9 heavy (non-hydrogen) atoms. The predicted molar refractivity (Wildman–Crippen MR) is 36.2 cm³/mol. The van der Waals surface area contributed by atoms with E-state index < -0.39 is 0 Å². The molecule has 0 aliphatic heterocycles. The monoisotopic (exact) mass is 130 g/mol. The van der Waals surface area contributed by atoms with Gasteiger partial charge in [0.2, 0.25) is 0 Å². The molecule has 0 aliphatic carbocycles. The Hall–Kier alpha value is -0.530. The van der Waals surface area contributed by atoms with Gasteiger partial charge in [-0.25, -0.2) is 0 Å². The molecule has 0 amide bonds. The van der Waals surface area contributed by atoms with Crippen LogP contribution in [0.15, 0.2) is 0 Å². The molecule has 0 bridgehead atoms. The van der Waals surface area contributed by atoms with Crippen molar-refractivity contribution < 1.29 is 9.53 Å². The quantitative estimate of drug-likeness (QED) is 0.428. The van der Waals surface area contributed by atoms with Crippen molar-refractivity contribution in [1.82, 2.24) is 0 Å². The lowest BCUT2D eigenvalue weighted by Crippen LogP contribution is -1.99. The molecule has 0 heterocycles. The van der Waals surface area contributed by atoms with Crippen LogP contribution in [-0.2, 0) is 9.53 Å². The van der Waals surface area contributed by atoms with Crippen molar-refractivity contribution in [2.24, 2.45) is 0 Å². The fourth-order valence-corrected chi connectivity index (χ4v) is 0.568. The second-order valence-corrected chi connectivity index (χ2v) is 2.05. The first-order valence-corrected chi connectivity index (χ1v) is 3.40. The van der Waals surface area contributed by atoms with Gasteiger partial charge in [0.05, 0.1) is 6.61 Å². The molecule has 54 valence electrons. The maximum absolute atomic E-state index is 10.2. The van der Waals surface area contributed by atoms with Gasteiger partial charge in [-0.2, -0.15) is 0 Å². The van der Waals surface area contributed by atoms with Crippen molar-refractivity contribution in [3.05, 3.63) is 0 Å². The SMILES string of the molecule is CCCCCOC(C)=O. The normalized spacial score (nSPS) is 9.11. The summed E-state index contributed by atoms with van der Waals surface area (Å²) in [5.74, 6) is -0.175. The molecule has 0 atom stereocenters. The summed E-state index contributed by atoms with van der Waals surface area (Å²) in [5, 5.41) is 0. The van der Waals surface area contributed by atoms with Crippen LogP contribution < -0.4 is 0 Å². The van der Waals surface area contributed by atoms with Gasteiger partial charge in [0.25, 0.3) is 0 Å². The topological polar surface area (TPSA) is 26.3 Å². The van der Waals surface area contributed by atoms with E-state index in [9.17, 15) is 4.79 Å². The van der Waals surface area contributed by atoms with E-state index in [0.29, 0.717) is 6.61 Å². The van der Waals surface area contributed by atoms with E-state index in [1.165, 1.54) is 13.3 Å². The van der Waals surface area contributed by atoms with Crippen molar-refractivity contribution in [3.8, 4) is 0 Å². The van der Waals surface area contributed by atoms with Gasteiger partial charge >= 0.3 is 5.97 Å². The van der Waals surface area contributed by atoms with Crippen molar-refractivity contribution in [3.63, 3.8) is 0 Å². The Kier molecular flexibility index (Phi) is 5.27. The van der Waals surface area contributed by atoms with Gasteiger partial charge in [0.15, 0.2) is 0 Å². The number of unbranched alkanes of at least 4 members (excludes halogenated alkanes) is 2. The fraction of sp³-hybridized carbons (Fsp3) is 0.857. The molecular weight excluding hydrogens is 116 g/mol. The summed E-state index contributed by atoms with van der Waals surface area (Å²) in [7, 11) is 0. The van der Waals surface area contributed by atoms with E-state index in [4.69, 9.17) is 4.74 Å². The van der Waals surface area contributed by atoms with Gasteiger partial charge in [-0.15, -0.1) is 0 Å². The number of ether oxygens (including phenoxy) is 1. The van der Waals surface area contributed by atoms with Gasteiger partial charge < -0.3 is 4.74 Å². The molecule has 0 rings (SSSR count). The number of carbonyl (C=O) groups excluding carboxylic acids is 1. The summed E-state index contributed by atoms with van der Waals surface area (Å²) in [6, 6.07) is 0. The fourth-order valence-electron chi connectivity index (χ4n) is 0.568. The van der Waals surface area contributed by atoms with Gasteiger partial charge in [-0.1, -0.05) is 19.8 Å². The zero-order valence-electron chi connectivity index (χ0n) is 6.14. The first kappa shape index (κ1) is 8.47. The Morgan fingerprint density at radius 3 is 2.56 bits per heavy atom. The molecule has 0 N–H and O–H groups in total. The van der Waals surface area contributed by atoms with Crippen molar-refractivity contribution in [2.75, 3.05) is 6.61 Å². The minimum atomic E-state index is -0.175. The summed E-state index contributed by atoms with van der Waals surface area (Å²) in [6.45, 7) is 4.14. The van der Waals surface area contributed by atoms with Crippen molar-refractivity contribution >= 4 is 5.97 Å². The molecule has 2 heteroatoms. The van der Waals surface area contributed by atoms with E-state index >= 15 is 0 Å². The lowest BCUT2D eigenvalue weighted by Gasteiger charge is -1.98. The number of carbonyl (C=O) groups is 1. The highest BCUT2D eigenvalue weighted by atomic mass is 16.5. The lowest BCUT2D eigenvalue weighted by molar-refractivity contribution is -0.141. The highest BCUT2D eigenvalue weighted by Crippen LogP contribution is 1.93. The van der Waals surface area contributed by atoms with E-state index in [-0.39, 0.29) is 5.97 Å². The summed E-state index contributed by atoms with van der Waals surface area (Å²) in [4.78, 5) is 10.2. The van der Waals surface area contributed by atoms with Crippen LogP contribution in [0, 0.1) is 0 Å². The maximum atomic E-state index is 10.2. The van der Waals surface area contributed by atoms with E-state index in [0.717, 1.165) is 12.8 Å². The Morgan fingerprint density at radius 1 is 1.44 bits per heavy atom. The zero-order valence-corrected chi connectivity index (χ0v) is 6.14. The molecule has 0 aromatic carbocycles. The largest absolute Gasteiger partial charge is 0.466 e. The van der Waals surface area contributed by atoms with Crippen molar-refractivity contribution in [1.29, 1.82) is 0 Å². The molecule has 2 nitrogen and oxygen atoms in total. The highest BCUT2D eigenvalue weighted by molar-refractivity contribution is 5.65. The summed E-state index contributed by atoms with van der Waals surface area (Å²) in [6.07, 6.45) is 3.31. The second-order valence-electron chi connectivity index (χ2n) is 2.05. The minimum Gasteiger partial charge on any atom is -0.466 e. The molecular formula is C7H14O2. The number of hydrogen-bond donors (Lipinski definition) is 0. The van der Waals surface area contributed by atoms with Gasteiger partial charge in [-0.05, 0) is 6.42 Å². The van der Waals surface area contributed by atoms with Crippen LogP contribution in [0.3, 0.4) is 0 Å². The van der Waals surface area contributed by atoms with Crippen molar-refractivity contribution in [2.45, 2.75) is 33.1 Å². The molecule has 0 fully saturated rings. The third-order valence-corrected chi connectivity index (χ3v) is 1.05. The van der Waals surface area contributed by atoms with Crippen LogP contribution >= 0.6 is 0 Å². The second kappa shape index (κ2) is 5.60. The summed E-state index contributed by atoms with van der Waals surface area (Å²) >= 11 is 0. The summed E-state index contributed by atoms with van der Waals surface area (Å²) in [5.41, 5.74) is 0. The first-order chi connectivity index (χ1) is 4.27. The van der Waals surface area contributed by atoms with E-state index in [1.54, 1.807) is 0 Å². The molecule has 0 aliphatic rings. The first-order valence-electron chi connectivity index (χ1n) is 3.40. The molecule has 0 spiro atoms. The Morgan fingerprint density at radius 2 is 2.11 bits per heavy atom. The average molecular weight is 130 g/mol. The standard InChI is InChI=1S/C7H14O2/c1-3-4-5-6-9-7(2)8/h3-6H2,1-2H3. The van der Waals surface area contributed by atoms with Crippen LogP contribution in [0.4, 0.5) is 0 Å².